The summed E-state index contributed by atoms with van der Waals surface area (Å²) in [5.41, 5.74) is 13.8. The molecule has 0 aliphatic rings. The number of fused-ring (bicyclic) bond motifs is 6. The number of aliphatic hydroxyl groups excluding tert-OH is 1. The van der Waals surface area contributed by atoms with Crippen molar-refractivity contribution in [1.82, 2.24) is 9.13 Å². The van der Waals surface area contributed by atoms with Crippen molar-refractivity contribution in [3.05, 3.63) is 185 Å². The van der Waals surface area contributed by atoms with Crippen molar-refractivity contribution in [2.75, 3.05) is 19.8 Å². The third kappa shape index (κ3) is 25.2. The molecule has 2 aromatic heterocycles. The van der Waals surface area contributed by atoms with E-state index in [9.17, 15) is 10.2 Å². The quantitative estimate of drug-likeness (QED) is 0.0162. The van der Waals surface area contributed by atoms with Gasteiger partial charge in [-0.2, -0.15) is 0 Å². The molecule has 8 aromatic carbocycles. The number of nitrogens with zero attached hydrogens (tertiary/aromatic N) is 2. The van der Waals surface area contributed by atoms with E-state index in [2.05, 4.69) is 265 Å². The molecule has 0 atom stereocenters. The fourth-order valence-corrected chi connectivity index (χ4v) is 18.2. The number of phenolic OH excluding ortho intramolecular Hbond substituents is 2. The minimum Gasteiger partial charge on any atom is -0.582 e. The number of aromatic hydroxyl groups is 4. The maximum absolute atomic E-state index is 16.3. The van der Waals surface area contributed by atoms with Gasteiger partial charge in [-0.1, -0.05) is 330 Å². The van der Waals surface area contributed by atoms with Crippen LogP contribution in [0, 0.1) is 43.7 Å². The van der Waals surface area contributed by atoms with Gasteiger partial charge in [-0.15, -0.1) is 0 Å². The van der Waals surface area contributed by atoms with E-state index in [-0.39, 0.29) is 88.1 Å². The predicted octanol–water partition coefficient (Wildman–Crippen LogP) is 32.0. The number of aliphatic hydroxyl groups is 3. The van der Waals surface area contributed by atoms with E-state index in [1.807, 2.05) is 13.8 Å². The summed E-state index contributed by atoms with van der Waals surface area (Å²) in [6.07, 6.45) is 30.3. The first-order valence-electron chi connectivity index (χ1n) is 44.8. The van der Waals surface area contributed by atoms with Gasteiger partial charge in [-0.3, -0.25) is 0 Å². The summed E-state index contributed by atoms with van der Waals surface area (Å²) in [5, 5.41) is 39.6. The Balaban J connectivity index is 0.000000668. The first-order valence-corrected chi connectivity index (χ1v) is 44.8. The van der Waals surface area contributed by atoms with Crippen molar-refractivity contribution in [3.8, 4) is 56.6 Å². The second kappa shape index (κ2) is 41.0. The van der Waals surface area contributed by atoms with Crippen molar-refractivity contribution < 1.29 is 59.4 Å². The molecular weight excluding hydrogens is 1620 g/mol. The van der Waals surface area contributed by atoms with Crippen LogP contribution >= 0.6 is 0 Å². The molecule has 644 valence electrons. The van der Waals surface area contributed by atoms with Crippen molar-refractivity contribution in [3.63, 3.8) is 0 Å². The molecule has 0 radical (unpaired) electrons. The Labute approximate surface area is 732 Å². The summed E-state index contributed by atoms with van der Waals surface area (Å²) < 4.78 is 47.7. The van der Waals surface area contributed by atoms with E-state index in [1.54, 1.807) is 0 Å². The minimum atomic E-state index is -0.419. The second-order valence-corrected chi connectivity index (χ2v) is 42.4. The molecule has 0 aliphatic carbocycles. The zero-order chi connectivity index (χ0) is 85.3. The van der Waals surface area contributed by atoms with E-state index >= 15 is 8.78 Å². The summed E-state index contributed by atoms with van der Waals surface area (Å²) in [6, 6.07) is 41.4. The van der Waals surface area contributed by atoms with Gasteiger partial charge in [0.2, 0.25) is 0 Å². The first-order chi connectivity index (χ1) is 54.2. The fourth-order valence-electron chi connectivity index (χ4n) is 18.2. The molecular formula is C108H155F2HfN2O5+. The molecule has 7 nitrogen and oxygen atoms in total. The SMILES string of the molecule is CCCCCCCCCCCCCCCCCCCCCCO.Cc1cc(F)cc(-c2cc(C(C)(C)CC(C)(C)C)cc(-n3c4cc(C(C)(C)C)ccc4c4ccc(C(C)(C)C)cc43)c2O)c1[OH+]CCC[OH+]c1c(C)cc(F)cc1-c1cc(C(C)(C)CC(C)(C)C)cc(-n2c3cc(C(C)(C)C)ccc3c3ccc(C(C)(C)C)cc32)c1O.[CH3-].[Hf]. The number of benzene rings is 8. The predicted molar refractivity (Wildman–Crippen MR) is 503 cm³/mol. The summed E-state index contributed by atoms with van der Waals surface area (Å²) in [4.78, 5) is 0. The van der Waals surface area contributed by atoms with Gasteiger partial charge in [0.15, 0.2) is 13.2 Å². The van der Waals surface area contributed by atoms with Crippen LogP contribution in [0.4, 0.5) is 8.78 Å². The van der Waals surface area contributed by atoms with Gasteiger partial charge in [0.1, 0.15) is 29.6 Å². The largest absolute Gasteiger partial charge is 0.582 e. The number of rotatable bonds is 34. The summed E-state index contributed by atoms with van der Waals surface area (Å²) in [5.74, 6) is 0.435. The molecule has 0 bridgehead atoms. The van der Waals surface area contributed by atoms with Crippen molar-refractivity contribution >= 4 is 43.6 Å². The van der Waals surface area contributed by atoms with Gasteiger partial charge in [-0.05, 0) is 183 Å². The number of aromatic nitrogens is 2. The molecule has 2 heterocycles. The average molecular weight is 1780 g/mol. The first kappa shape index (κ1) is 98.4. The molecule has 0 unspecified atom stereocenters. The van der Waals surface area contributed by atoms with Gasteiger partial charge in [0.05, 0.1) is 44.6 Å². The van der Waals surface area contributed by atoms with Crippen molar-refractivity contribution in [2.45, 2.75) is 353 Å². The molecule has 10 rings (SSSR count). The van der Waals surface area contributed by atoms with Crippen LogP contribution in [0.5, 0.6) is 23.0 Å². The number of phenols is 2. The van der Waals surface area contributed by atoms with Gasteiger partial charge in [0, 0.05) is 76.2 Å². The zero-order valence-electron chi connectivity index (χ0n) is 78.3. The Hall–Kier alpha value is -6.75. The van der Waals surface area contributed by atoms with Crippen LogP contribution < -0.4 is 0 Å². The Morgan fingerprint density at radius 1 is 0.322 bits per heavy atom. The summed E-state index contributed by atoms with van der Waals surface area (Å²) in [6.45, 7) is 56.4. The third-order valence-electron chi connectivity index (χ3n) is 24.1. The summed E-state index contributed by atoms with van der Waals surface area (Å²) in [7, 11) is 0. The summed E-state index contributed by atoms with van der Waals surface area (Å²) >= 11 is 0. The minimum absolute atomic E-state index is 0. The molecule has 0 saturated carbocycles. The van der Waals surface area contributed by atoms with Crippen LogP contribution in [0.15, 0.2) is 121 Å². The van der Waals surface area contributed by atoms with Gasteiger partial charge >= 0.3 is 0 Å². The Kier molecular flexibility index (Phi) is 34.1. The van der Waals surface area contributed by atoms with E-state index in [0.717, 1.165) is 74.0 Å². The van der Waals surface area contributed by atoms with E-state index < -0.39 is 11.6 Å². The van der Waals surface area contributed by atoms with Gasteiger partial charge < -0.3 is 41.4 Å². The van der Waals surface area contributed by atoms with E-state index in [4.69, 9.17) is 14.6 Å². The third-order valence-corrected chi connectivity index (χ3v) is 24.1. The molecule has 0 aliphatic heterocycles. The standard InChI is InChI=1S/C85H104F2N2O4.C22H46O.CH3.Hf/c1-50-36-58(86)46-66(64-38-56(84(21,22)48-78(3,4)5)44-72(74(64)90)88-68-40-52(80(9,10)11)26-30-60(68)61-31-27-53(41-69(61)88)81(12,13)14)76(50)92-34-25-35-93-77-51(2)37-59(87)47-67(77)65-39-57(85(23,24)49-79(6,7)8)45-73(75(65)91)89-70-42-54(82(15,16)17)28-32-62(70)63-33-29-55(43-71(63)89)83(18,19)20;1-2-3-4-5-6-7-8-9-10-11-12-13-14-15-16-17-18-19-20-21-22-23;;/h26-33,36-47,90-91H,25,34-35,48-49H2,1-24H3;23H,2-22H2,1H3;1H3;/q;;-1;/p+2. The average Bonchev–Trinajstić information content (AvgIpc) is 1.55. The van der Waals surface area contributed by atoms with E-state index in [1.165, 1.54) is 169 Å². The second-order valence-electron chi connectivity index (χ2n) is 42.4. The Morgan fingerprint density at radius 3 is 0.831 bits per heavy atom. The molecule has 10 heteroatoms. The molecule has 5 N–H and O–H groups in total. The van der Waals surface area contributed by atoms with Crippen LogP contribution in [0.25, 0.3) is 77.2 Å². The van der Waals surface area contributed by atoms with Crippen LogP contribution in [0.1, 0.15) is 351 Å². The van der Waals surface area contributed by atoms with Crippen LogP contribution in [-0.2, 0) is 58.3 Å². The van der Waals surface area contributed by atoms with Crippen molar-refractivity contribution in [2.24, 2.45) is 10.8 Å². The topological polar surface area (TPSA) is 96.1 Å². The van der Waals surface area contributed by atoms with Gasteiger partial charge in [-0.25, -0.2) is 8.78 Å². The van der Waals surface area contributed by atoms with E-state index in [0.29, 0.717) is 82.5 Å². The number of unbranched alkanes of at least 4 members (excludes halogenated alkanes) is 19. The zero-order valence-corrected chi connectivity index (χ0v) is 81.9. The smallest absolute Gasteiger partial charge is 0.265 e. The maximum atomic E-state index is 16.3. The number of aryl methyl sites for hydroxylation is 2. The number of halogens is 2. The molecule has 0 amide bonds. The van der Waals surface area contributed by atoms with Crippen LogP contribution in [0.2, 0.25) is 0 Å². The number of ether oxygens (including phenoxy) is 2. The van der Waals surface area contributed by atoms with Crippen molar-refractivity contribution in [1.29, 1.82) is 0 Å². The Bertz CT molecular complexity index is 4510. The molecule has 118 heavy (non-hydrogen) atoms. The molecule has 10 aromatic rings. The van der Waals surface area contributed by atoms with Gasteiger partial charge in [0.25, 0.3) is 11.5 Å². The molecule has 0 fully saturated rings. The molecule has 0 spiro atoms. The maximum Gasteiger partial charge on any atom is 0.265 e. The van der Waals surface area contributed by atoms with Crippen LogP contribution in [-0.4, -0.2) is 53.7 Å². The monoisotopic (exact) mass is 1780 g/mol. The number of hydrogen-bond acceptors (Lipinski definition) is 3. The molecule has 0 saturated heterocycles. The normalized spacial score (nSPS) is 12.7. The Morgan fingerprint density at radius 2 is 0.585 bits per heavy atom. The fraction of sp³-hybridized carbons (Fsp3) is 0.546. The number of hydrogen-bond donors (Lipinski definition) is 3. The van der Waals surface area contributed by atoms with Crippen LogP contribution in [0.3, 0.4) is 0 Å².